The molecule has 0 unspecified atom stereocenters. The highest BCUT2D eigenvalue weighted by atomic mass is 16.4. The first kappa shape index (κ1) is 22.3. The molecule has 0 spiro atoms. The summed E-state index contributed by atoms with van der Waals surface area (Å²) in [7, 11) is 0. The second-order valence-electron chi connectivity index (χ2n) is 7.89. The van der Waals surface area contributed by atoms with Crippen LogP contribution in [0.3, 0.4) is 0 Å². The molecule has 0 saturated carbocycles. The number of piperazine rings is 1. The van der Waals surface area contributed by atoms with E-state index < -0.39 is 6.09 Å². The molecule has 0 atom stereocenters. The lowest BCUT2D eigenvalue weighted by molar-refractivity contribution is -0.0482. The molecule has 4 nitrogen and oxygen atoms in total. The highest BCUT2D eigenvalue weighted by molar-refractivity contribution is 5.67. The molecule has 1 rings (SSSR count). The van der Waals surface area contributed by atoms with Crippen molar-refractivity contribution < 1.29 is 9.90 Å². The summed E-state index contributed by atoms with van der Waals surface area (Å²) in [6.45, 7) is 10.3. The molecular weight excluding hydrogens is 312 g/mol. The van der Waals surface area contributed by atoms with Crippen LogP contribution in [0.4, 0.5) is 4.79 Å². The minimum Gasteiger partial charge on any atom is -0.465 e. The molecule has 0 radical (unpaired) electrons. The first-order chi connectivity index (χ1) is 12.0. The van der Waals surface area contributed by atoms with E-state index in [9.17, 15) is 9.90 Å². The van der Waals surface area contributed by atoms with Crippen molar-refractivity contribution in [2.45, 2.75) is 116 Å². The van der Waals surface area contributed by atoms with Crippen molar-refractivity contribution in [2.24, 2.45) is 0 Å². The third-order valence-corrected chi connectivity index (χ3v) is 6.24. The van der Waals surface area contributed by atoms with Crippen LogP contribution in [0.5, 0.6) is 0 Å². The topological polar surface area (TPSA) is 52.6 Å². The van der Waals surface area contributed by atoms with Gasteiger partial charge in [0.05, 0.1) is 5.54 Å². The number of carbonyl (C=O) groups is 1. The molecule has 0 aromatic rings. The average molecular weight is 355 g/mol. The number of nitrogens with one attached hydrogen (secondary N) is 1. The second-order valence-corrected chi connectivity index (χ2v) is 7.89. The smallest absolute Gasteiger partial charge is 0.407 e. The minimum atomic E-state index is -0.717. The third-order valence-electron chi connectivity index (χ3n) is 6.24. The van der Waals surface area contributed by atoms with Crippen LogP contribution in [0.25, 0.3) is 0 Å². The van der Waals surface area contributed by atoms with Gasteiger partial charge in [0.1, 0.15) is 0 Å². The Labute approximate surface area is 155 Å². The van der Waals surface area contributed by atoms with Crippen LogP contribution < -0.4 is 5.32 Å². The molecule has 1 aliphatic heterocycles. The third kappa shape index (κ3) is 5.12. The fraction of sp³-hybridized carbons (Fsp3) is 0.952. The zero-order valence-corrected chi connectivity index (χ0v) is 17.2. The lowest BCUT2D eigenvalue weighted by Gasteiger charge is -2.60. The molecule has 1 aliphatic rings. The molecule has 0 aromatic carbocycles. The second kappa shape index (κ2) is 11.1. The largest absolute Gasteiger partial charge is 0.465 e. The van der Waals surface area contributed by atoms with E-state index in [1.165, 1.54) is 25.7 Å². The van der Waals surface area contributed by atoms with Crippen molar-refractivity contribution in [1.29, 1.82) is 0 Å². The van der Waals surface area contributed by atoms with Gasteiger partial charge in [-0.1, -0.05) is 79.1 Å². The summed E-state index contributed by atoms with van der Waals surface area (Å²) in [6, 6.07) is 0. The van der Waals surface area contributed by atoms with Crippen molar-refractivity contribution in [3.63, 3.8) is 0 Å². The molecule has 0 bridgehead atoms. The van der Waals surface area contributed by atoms with E-state index in [2.05, 4.69) is 33.0 Å². The maximum absolute atomic E-state index is 12.2. The van der Waals surface area contributed by atoms with E-state index >= 15 is 0 Å². The molecular formula is C21H42N2O2. The van der Waals surface area contributed by atoms with Gasteiger partial charge in [-0.05, 0) is 25.7 Å². The van der Waals surface area contributed by atoms with Gasteiger partial charge in [0, 0.05) is 18.6 Å². The fourth-order valence-electron chi connectivity index (χ4n) is 4.86. The van der Waals surface area contributed by atoms with E-state index in [1.54, 1.807) is 0 Å². The van der Waals surface area contributed by atoms with Crippen molar-refractivity contribution in [2.75, 3.05) is 13.1 Å². The highest BCUT2D eigenvalue weighted by Gasteiger charge is 2.56. The summed E-state index contributed by atoms with van der Waals surface area (Å²) in [5.41, 5.74) is -0.298. The first-order valence-corrected chi connectivity index (χ1v) is 10.8. The van der Waals surface area contributed by atoms with Gasteiger partial charge < -0.3 is 10.4 Å². The van der Waals surface area contributed by atoms with E-state index in [1.807, 2.05) is 4.90 Å². The molecule has 148 valence electrons. The summed E-state index contributed by atoms with van der Waals surface area (Å²) in [6.07, 6.45) is 12.6. The number of hydrogen-bond donors (Lipinski definition) is 2. The molecule has 0 aliphatic carbocycles. The first-order valence-electron chi connectivity index (χ1n) is 10.8. The Morgan fingerprint density at radius 2 is 1.32 bits per heavy atom. The van der Waals surface area contributed by atoms with Gasteiger partial charge in [-0.2, -0.15) is 0 Å². The summed E-state index contributed by atoms with van der Waals surface area (Å²) in [4.78, 5) is 14.1. The molecule has 1 heterocycles. The fourth-order valence-corrected chi connectivity index (χ4v) is 4.86. The predicted molar refractivity (Wildman–Crippen MR) is 106 cm³/mol. The zero-order chi connectivity index (χ0) is 18.8. The van der Waals surface area contributed by atoms with E-state index in [0.29, 0.717) is 6.54 Å². The van der Waals surface area contributed by atoms with Crippen molar-refractivity contribution >= 4 is 6.09 Å². The standard InChI is InChI=1S/C21H42N2O2/c1-5-9-13-20(14-10-6-2)21(15-11-7-3,16-12-8-4)23(19(24)25)18-17-22-20/h22H,5-18H2,1-4H3,(H,24,25). The van der Waals surface area contributed by atoms with Crippen molar-refractivity contribution in [1.82, 2.24) is 10.2 Å². The van der Waals surface area contributed by atoms with Crippen LogP contribution in [0.1, 0.15) is 105 Å². The SMILES string of the molecule is CCCCC1(CCCC)NCCN(C(=O)O)C1(CCCC)CCCC. The quantitative estimate of drug-likeness (QED) is 0.465. The lowest BCUT2D eigenvalue weighted by atomic mass is 9.63. The van der Waals surface area contributed by atoms with Crippen LogP contribution in [0, 0.1) is 0 Å². The predicted octanol–water partition coefficient (Wildman–Crippen LogP) is 5.81. The number of hydrogen-bond acceptors (Lipinski definition) is 2. The normalized spacial score (nSPS) is 19.1. The van der Waals surface area contributed by atoms with Crippen LogP contribution in [-0.4, -0.2) is 40.3 Å². The van der Waals surface area contributed by atoms with E-state index in [0.717, 1.165) is 57.9 Å². The number of nitrogens with zero attached hydrogens (tertiary/aromatic N) is 1. The summed E-state index contributed by atoms with van der Waals surface area (Å²) < 4.78 is 0. The number of amides is 1. The van der Waals surface area contributed by atoms with Crippen LogP contribution in [0.2, 0.25) is 0 Å². The van der Waals surface area contributed by atoms with Gasteiger partial charge in [0.2, 0.25) is 0 Å². The summed E-state index contributed by atoms with van der Waals surface area (Å²) in [5.74, 6) is 0. The van der Waals surface area contributed by atoms with E-state index in [-0.39, 0.29) is 11.1 Å². The van der Waals surface area contributed by atoms with Gasteiger partial charge in [0.15, 0.2) is 0 Å². The Kier molecular flexibility index (Phi) is 9.84. The average Bonchev–Trinajstić information content (AvgIpc) is 2.62. The Morgan fingerprint density at radius 1 is 0.880 bits per heavy atom. The van der Waals surface area contributed by atoms with Crippen LogP contribution in [0.15, 0.2) is 0 Å². The van der Waals surface area contributed by atoms with Crippen molar-refractivity contribution in [3.8, 4) is 0 Å². The molecule has 2 N–H and O–H groups in total. The van der Waals surface area contributed by atoms with Crippen molar-refractivity contribution in [3.05, 3.63) is 0 Å². The monoisotopic (exact) mass is 354 g/mol. The summed E-state index contributed by atoms with van der Waals surface area (Å²) in [5, 5.41) is 13.9. The zero-order valence-electron chi connectivity index (χ0n) is 17.2. The number of unbranched alkanes of at least 4 members (excludes halogenated alkanes) is 4. The molecule has 1 amide bonds. The van der Waals surface area contributed by atoms with Crippen LogP contribution >= 0.6 is 0 Å². The Balaban J connectivity index is 3.36. The maximum Gasteiger partial charge on any atom is 0.407 e. The minimum absolute atomic E-state index is 0.0556. The number of carboxylic acid groups (broad SMARTS) is 1. The highest BCUT2D eigenvalue weighted by Crippen LogP contribution is 2.46. The van der Waals surface area contributed by atoms with Gasteiger partial charge in [-0.15, -0.1) is 0 Å². The van der Waals surface area contributed by atoms with Gasteiger partial charge in [-0.25, -0.2) is 4.79 Å². The molecule has 4 heteroatoms. The van der Waals surface area contributed by atoms with Crippen LogP contribution in [-0.2, 0) is 0 Å². The lowest BCUT2D eigenvalue weighted by Crippen LogP contribution is -2.75. The Bertz CT molecular complexity index is 368. The Morgan fingerprint density at radius 3 is 1.72 bits per heavy atom. The molecule has 0 aromatic heterocycles. The molecule has 25 heavy (non-hydrogen) atoms. The van der Waals surface area contributed by atoms with Gasteiger partial charge >= 0.3 is 6.09 Å². The maximum atomic E-state index is 12.2. The van der Waals surface area contributed by atoms with E-state index in [4.69, 9.17) is 0 Å². The Hall–Kier alpha value is -0.770. The molecule has 1 saturated heterocycles. The number of rotatable bonds is 12. The van der Waals surface area contributed by atoms with Gasteiger partial charge in [0.25, 0.3) is 0 Å². The molecule has 1 fully saturated rings. The van der Waals surface area contributed by atoms with Gasteiger partial charge in [-0.3, -0.25) is 4.90 Å². The summed E-state index contributed by atoms with van der Waals surface area (Å²) >= 11 is 0.